The van der Waals surface area contributed by atoms with Gasteiger partial charge in [-0.15, -0.1) is 10.2 Å². The van der Waals surface area contributed by atoms with Crippen molar-refractivity contribution in [2.75, 3.05) is 10.6 Å². The quantitative estimate of drug-likeness (QED) is 0.598. The summed E-state index contributed by atoms with van der Waals surface area (Å²) >= 11 is 9.13. The number of hydrogen-bond acceptors (Lipinski definition) is 7. The van der Waals surface area contributed by atoms with E-state index in [4.69, 9.17) is 11.6 Å². The molecule has 0 saturated heterocycles. The van der Waals surface area contributed by atoms with Crippen molar-refractivity contribution in [3.05, 3.63) is 53.3 Å². The first-order valence-electron chi connectivity index (χ1n) is 7.29. The molecule has 0 saturated carbocycles. The number of carbonyl (C=O) groups excluding carboxylic acids is 1. The molecule has 3 aromatic rings. The number of anilines is 3. The van der Waals surface area contributed by atoms with Crippen LogP contribution in [0.15, 0.2) is 47.1 Å². The summed E-state index contributed by atoms with van der Waals surface area (Å²) in [7, 11) is 0. The van der Waals surface area contributed by atoms with Crippen molar-refractivity contribution in [3.63, 3.8) is 0 Å². The Balaban J connectivity index is 1.62. The van der Waals surface area contributed by atoms with E-state index in [9.17, 15) is 4.79 Å². The third-order valence-electron chi connectivity index (χ3n) is 3.05. The van der Waals surface area contributed by atoms with E-state index in [0.717, 1.165) is 21.3 Å². The molecule has 0 aliphatic carbocycles. The predicted molar refractivity (Wildman–Crippen MR) is 103 cm³/mol. The minimum atomic E-state index is -0.110. The average molecular weight is 392 g/mol. The van der Waals surface area contributed by atoms with E-state index in [2.05, 4.69) is 25.8 Å². The van der Waals surface area contributed by atoms with Crippen molar-refractivity contribution in [1.29, 1.82) is 0 Å². The molecule has 0 unspecified atom stereocenters. The van der Waals surface area contributed by atoms with Crippen LogP contribution < -0.4 is 10.6 Å². The SMILES string of the molecule is CC(=O)Nc1cccc(Nc2nnc(SCc3ccncc3Cl)s2)c1. The van der Waals surface area contributed by atoms with Gasteiger partial charge in [0.1, 0.15) is 0 Å². The Morgan fingerprint density at radius 2 is 2.12 bits per heavy atom. The van der Waals surface area contributed by atoms with Gasteiger partial charge < -0.3 is 10.6 Å². The number of hydrogen-bond donors (Lipinski definition) is 2. The van der Waals surface area contributed by atoms with Crippen molar-refractivity contribution < 1.29 is 4.79 Å². The van der Waals surface area contributed by atoms with Gasteiger partial charge in [-0.2, -0.15) is 0 Å². The molecule has 0 aliphatic rings. The Labute approximate surface area is 158 Å². The maximum atomic E-state index is 11.1. The molecule has 0 fully saturated rings. The summed E-state index contributed by atoms with van der Waals surface area (Å²) in [6.45, 7) is 1.48. The topological polar surface area (TPSA) is 79.8 Å². The molecule has 128 valence electrons. The van der Waals surface area contributed by atoms with Crippen LogP contribution in [0.2, 0.25) is 5.02 Å². The Morgan fingerprint density at radius 1 is 1.28 bits per heavy atom. The molecule has 0 radical (unpaired) electrons. The normalized spacial score (nSPS) is 10.5. The Hall–Kier alpha value is -2.16. The van der Waals surface area contributed by atoms with E-state index in [1.165, 1.54) is 18.3 Å². The lowest BCUT2D eigenvalue weighted by atomic mass is 10.3. The summed E-state index contributed by atoms with van der Waals surface area (Å²) in [4.78, 5) is 15.1. The molecule has 2 aromatic heterocycles. The maximum absolute atomic E-state index is 11.1. The molecule has 25 heavy (non-hydrogen) atoms. The number of nitrogens with zero attached hydrogens (tertiary/aromatic N) is 3. The summed E-state index contributed by atoms with van der Waals surface area (Å²) in [6.07, 6.45) is 3.35. The van der Waals surface area contributed by atoms with E-state index in [-0.39, 0.29) is 5.91 Å². The Bertz CT molecular complexity index is 886. The standard InChI is InChI=1S/C16H14ClN5OS2/c1-10(23)19-12-3-2-4-13(7-12)20-15-21-22-16(25-15)24-9-11-5-6-18-8-14(11)17/h2-8H,9H2,1H3,(H,19,23)(H,20,21). The van der Waals surface area contributed by atoms with Crippen molar-refractivity contribution >= 4 is 57.1 Å². The van der Waals surface area contributed by atoms with Crippen LogP contribution in [0.1, 0.15) is 12.5 Å². The third kappa shape index (κ3) is 5.15. The van der Waals surface area contributed by atoms with Crippen molar-refractivity contribution in [3.8, 4) is 0 Å². The zero-order valence-corrected chi connectivity index (χ0v) is 15.6. The Morgan fingerprint density at radius 3 is 2.92 bits per heavy atom. The first-order valence-corrected chi connectivity index (χ1v) is 9.47. The van der Waals surface area contributed by atoms with Crippen LogP contribution in [-0.4, -0.2) is 21.1 Å². The lowest BCUT2D eigenvalue weighted by Gasteiger charge is -2.05. The van der Waals surface area contributed by atoms with Crippen LogP contribution in [-0.2, 0) is 10.5 Å². The van der Waals surface area contributed by atoms with E-state index < -0.39 is 0 Å². The van der Waals surface area contributed by atoms with E-state index in [0.29, 0.717) is 15.9 Å². The number of pyridine rings is 1. The molecule has 1 aromatic carbocycles. The number of halogens is 1. The molecule has 0 spiro atoms. The summed E-state index contributed by atoms with van der Waals surface area (Å²) in [5, 5.41) is 15.6. The second-order valence-electron chi connectivity index (χ2n) is 5.02. The summed E-state index contributed by atoms with van der Waals surface area (Å²) in [5.41, 5.74) is 2.56. The molecule has 6 nitrogen and oxygen atoms in total. The third-order valence-corrected chi connectivity index (χ3v) is 5.41. The minimum absolute atomic E-state index is 0.110. The number of thioether (sulfide) groups is 1. The highest BCUT2D eigenvalue weighted by Gasteiger charge is 2.08. The molecule has 0 atom stereocenters. The second kappa shape index (κ2) is 8.28. The number of aromatic nitrogens is 3. The number of nitrogens with one attached hydrogen (secondary N) is 2. The van der Waals surface area contributed by atoms with Crippen LogP contribution >= 0.6 is 34.7 Å². The van der Waals surface area contributed by atoms with Gasteiger partial charge in [0, 0.05) is 36.4 Å². The molecule has 0 bridgehead atoms. The second-order valence-corrected chi connectivity index (χ2v) is 7.62. The molecule has 1 amide bonds. The first-order chi connectivity index (χ1) is 12.1. The number of carbonyl (C=O) groups is 1. The number of amides is 1. The highest BCUT2D eigenvalue weighted by molar-refractivity contribution is 8.00. The molecule has 2 heterocycles. The van der Waals surface area contributed by atoms with Gasteiger partial charge in [-0.05, 0) is 29.8 Å². The fourth-order valence-corrected chi connectivity index (χ4v) is 4.02. The maximum Gasteiger partial charge on any atom is 0.221 e. The fourth-order valence-electron chi connectivity index (χ4n) is 1.98. The number of rotatable bonds is 6. The van der Waals surface area contributed by atoms with Crippen LogP contribution in [0.3, 0.4) is 0 Å². The van der Waals surface area contributed by atoms with Gasteiger partial charge in [-0.1, -0.05) is 40.8 Å². The molecule has 0 aliphatic heterocycles. The van der Waals surface area contributed by atoms with Gasteiger partial charge in [-0.3, -0.25) is 9.78 Å². The smallest absolute Gasteiger partial charge is 0.221 e. The monoisotopic (exact) mass is 391 g/mol. The first kappa shape index (κ1) is 17.7. The van der Waals surface area contributed by atoms with Crippen LogP contribution in [0.25, 0.3) is 0 Å². The highest BCUT2D eigenvalue weighted by Crippen LogP contribution is 2.31. The summed E-state index contributed by atoms with van der Waals surface area (Å²) in [5.74, 6) is 0.593. The lowest BCUT2D eigenvalue weighted by molar-refractivity contribution is -0.114. The summed E-state index contributed by atoms with van der Waals surface area (Å²) in [6, 6.07) is 9.31. The Kier molecular flexibility index (Phi) is 5.85. The minimum Gasteiger partial charge on any atom is -0.330 e. The van der Waals surface area contributed by atoms with Gasteiger partial charge in [0.15, 0.2) is 4.34 Å². The van der Waals surface area contributed by atoms with Gasteiger partial charge in [0.05, 0.1) is 5.02 Å². The van der Waals surface area contributed by atoms with Gasteiger partial charge in [-0.25, -0.2) is 0 Å². The molecular weight excluding hydrogens is 378 g/mol. The zero-order valence-electron chi connectivity index (χ0n) is 13.2. The van der Waals surface area contributed by atoms with Gasteiger partial charge in [0.25, 0.3) is 0 Å². The lowest BCUT2D eigenvalue weighted by Crippen LogP contribution is -2.05. The molecular formula is C16H14ClN5OS2. The average Bonchev–Trinajstić information content (AvgIpc) is 3.01. The molecule has 9 heteroatoms. The molecule has 2 N–H and O–H groups in total. The van der Waals surface area contributed by atoms with Gasteiger partial charge >= 0.3 is 0 Å². The molecule has 3 rings (SSSR count). The van der Waals surface area contributed by atoms with Gasteiger partial charge in [0.2, 0.25) is 11.0 Å². The predicted octanol–water partition coefficient (Wildman–Crippen LogP) is 4.58. The van der Waals surface area contributed by atoms with E-state index >= 15 is 0 Å². The van der Waals surface area contributed by atoms with Crippen molar-refractivity contribution in [2.24, 2.45) is 0 Å². The highest BCUT2D eigenvalue weighted by atomic mass is 35.5. The van der Waals surface area contributed by atoms with Crippen molar-refractivity contribution in [2.45, 2.75) is 17.0 Å². The fraction of sp³-hybridized carbons (Fsp3) is 0.125. The largest absolute Gasteiger partial charge is 0.330 e. The van der Waals surface area contributed by atoms with E-state index in [1.54, 1.807) is 24.2 Å². The van der Waals surface area contributed by atoms with Crippen LogP contribution in [0.5, 0.6) is 0 Å². The van der Waals surface area contributed by atoms with E-state index in [1.807, 2.05) is 30.3 Å². The summed E-state index contributed by atoms with van der Waals surface area (Å²) < 4.78 is 0.841. The zero-order chi connectivity index (χ0) is 17.6. The van der Waals surface area contributed by atoms with Crippen molar-refractivity contribution in [1.82, 2.24) is 15.2 Å². The van der Waals surface area contributed by atoms with Crippen LogP contribution in [0, 0.1) is 0 Å². The number of benzene rings is 1. The van der Waals surface area contributed by atoms with Crippen LogP contribution in [0.4, 0.5) is 16.5 Å².